The highest BCUT2D eigenvalue weighted by molar-refractivity contribution is 7.91. The SMILES string of the molecule is CN(C)c1cc(N(C)C)cc(S(=O)(=O)c2cccc3c2=NCN(O)C=3)c1. The standard InChI is InChI=1S/C18H22N4O3S/c1-20(2)14-8-15(21(3)4)10-16(9-14)26(24,25)17-7-5-6-13-11-22(23)12-19-18(13)17/h5-11,23H,12H2,1-4H3. The Bertz CT molecular complexity index is 1040. The topological polar surface area (TPSA) is 76.5 Å². The number of sulfone groups is 1. The maximum absolute atomic E-state index is 13.3. The van der Waals surface area contributed by atoms with Crippen LogP contribution in [0.3, 0.4) is 0 Å². The van der Waals surface area contributed by atoms with E-state index in [1.54, 1.807) is 30.3 Å². The number of hydrogen-bond donors (Lipinski definition) is 1. The third-order valence-electron chi connectivity index (χ3n) is 4.20. The van der Waals surface area contributed by atoms with Gasteiger partial charge in [0.15, 0.2) is 0 Å². The molecule has 0 radical (unpaired) electrons. The van der Waals surface area contributed by atoms with E-state index in [0.29, 0.717) is 10.6 Å². The van der Waals surface area contributed by atoms with Gasteiger partial charge in [0.05, 0.1) is 15.1 Å². The summed E-state index contributed by atoms with van der Waals surface area (Å²) < 4.78 is 26.7. The van der Waals surface area contributed by atoms with Crippen molar-refractivity contribution in [3.05, 3.63) is 47.0 Å². The molecule has 2 aromatic carbocycles. The van der Waals surface area contributed by atoms with Crippen molar-refractivity contribution in [3.63, 3.8) is 0 Å². The number of nitrogens with zero attached hydrogens (tertiary/aromatic N) is 4. The van der Waals surface area contributed by atoms with Gasteiger partial charge in [-0.05, 0) is 24.3 Å². The first kappa shape index (κ1) is 18.2. The summed E-state index contributed by atoms with van der Waals surface area (Å²) in [6, 6.07) is 10.2. The van der Waals surface area contributed by atoms with Gasteiger partial charge in [-0.3, -0.25) is 10.2 Å². The summed E-state index contributed by atoms with van der Waals surface area (Å²) in [5.41, 5.74) is 1.59. The smallest absolute Gasteiger partial charge is 0.208 e. The number of benzene rings is 2. The molecule has 0 saturated carbocycles. The summed E-state index contributed by atoms with van der Waals surface area (Å²) in [5.74, 6) is 0. The molecule has 0 fully saturated rings. The van der Waals surface area contributed by atoms with Crippen LogP contribution in [0.4, 0.5) is 11.4 Å². The zero-order valence-corrected chi connectivity index (χ0v) is 16.0. The summed E-state index contributed by atoms with van der Waals surface area (Å²) in [4.78, 5) is 8.31. The van der Waals surface area contributed by atoms with Gasteiger partial charge in [0.1, 0.15) is 6.67 Å². The third kappa shape index (κ3) is 3.25. The van der Waals surface area contributed by atoms with Crippen molar-refractivity contribution in [1.29, 1.82) is 0 Å². The lowest BCUT2D eigenvalue weighted by atomic mass is 10.2. The van der Waals surface area contributed by atoms with E-state index in [0.717, 1.165) is 16.4 Å². The average Bonchev–Trinajstić information content (AvgIpc) is 2.60. The number of anilines is 2. The highest BCUT2D eigenvalue weighted by Gasteiger charge is 2.23. The van der Waals surface area contributed by atoms with E-state index in [1.807, 2.05) is 44.1 Å². The Kier molecular flexibility index (Phi) is 4.64. The molecule has 26 heavy (non-hydrogen) atoms. The lowest BCUT2D eigenvalue weighted by Crippen LogP contribution is -2.37. The normalized spacial score (nSPS) is 13.5. The van der Waals surface area contributed by atoms with Gasteiger partial charge in [0.2, 0.25) is 9.84 Å². The maximum Gasteiger partial charge on any atom is 0.208 e. The fourth-order valence-corrected chi connectivity index (χ4v) is 4.24. The molecule has 1 aliphatic rings. The molecule has 0 bridgehead atoms. The molecular formula is C18H22N4O3S. The van der Waals surface area contributed by atoms with Crippen LogP contribution in [-0.4, -0.2) is 53.5 Å². The molecule has 0 atom stereocenters. The number of fused-ring (bicyclic) bond motifs is 1. The molecule has 2 aromatic rings. The van der Waals surface area contributed by atoms with Crippen molar-refractivity contribution in [2.75, 3.05) is 44.7 Å². The molecule has 0 saturated heterocycles. The Morgan fingerprint density at radius 2 is 1.65 bits per heavy atom. The molecule has 0 unspecified atom stereocenters. The van der Waals surface area contributed by atoms with Crippen molar-refractivity contribution in [2.45, 2.75) is 9.79 Å². The van der Waals surface area contributed by atoms with Crippen LogP contribution in [0.25, 0.3) is 6.20 Å². The lowest BCUT2D eigenvalue weighted by molar-refractivity contribution is -0.0200. The van der Waals surface area contributed by atoms with E-state index in [2.05, 4.69) is 4.99 Å². The van der Waals surface area contributed by atoms with Crippen molar-refractivity contribution >= 4 is 27.4 Å². The van der Waals surface area contributed by atoms with Crippen LogP contribution in [0.15, 0.2) is 51.2 Å². The second-order valence-electron chi connectivity index (χ2n) is 6.54. The van der Waals surface area contributed by atoms with Gasteiger partial charge in [-0.2, -0.15) is 0 Å². The van der Waals surface area contributed by atoms with E-state index >= 15 is 0 Å². The number of rotatable bonds is 4. The minimum Gasteiger partial charge on any atom is -0.378 e. The van der Waals surface area contributed by atoms with Crippen molar-refractivity contribution < 1.29 is 13.6 Å². The Morgan fingerprint density at radius 3 is 2.23 bits per heavy atom. The predicted molar refractivity (Wildman–Crippen MR) is 101 cm³/mol. The highest BCUT2D eigenvalue weighted by Crippen LogP contribution is 2.28. The van der Waals surface area contributed by atoms with E-state index in [4.69, 9.17) is 0 Å². The summed E-state index contributed by atoms with van der Waals surface area (Å²) >= 11 is 0. The van der Waals surface area contributed by atoms with Crippen molar-refractivity contribution in [3.8, 4) is 0 Å². The minimum atomic E-state index is -3.78. The van der Waals surface area contributed by atoms with Crippen LogP contribution in [0.5, 0.6) is 0 Å². The van der Waals surface area contributed by atoms with Gasteiger partial charge >= 0.3 is 0 Å². The number of hydrogen-bond acceptors (Lipinski definition) is 7. The third-order valence-corrected chi connectivity index (χ3v) is 5.97. The zero-order chi connectivity index (χ0) is 19.1. The van der Waals surface area contributed by atoms with Crippen LogP contribution in [0, 0.1) is 0 Å². The summed E-state index contributed by atoms with van der Waals surface area (Å²) in [5, 5.41) is 11.5. The van der Waals surface area contributed by atoms with Crippen molar-refractivity contribution in [1.82, 2.24) is 5.06 Å². The van der Waals surface area contributed by atoms with Crippen LogP contribution < -0.4 is 20.4 Å². The fourth-order valence-electron chi connectivity index (χ4n) is 2.74. The Labute approximate surface area is 153 Å². The summed E-state index contributed by atoms with van der Waals surface area (Å²) in [6.45, 7) is 0.000217. The second kappa shape index (κ2) is 6.62. The molecule has 1 aliphatic heterocycles. The quantitative estimate of drug-likeness (QED) is 0.848. The molecular weight excluding hydrogens is 352 g/mol. The highest BCUT2D eigenvalue weighted by atomic mass is 32.2. The molecule has 8 heteroatoms. The fraction of sp³-hybridized carbons (Fsp3) is 0.278. The molecule has 1 heterocycles. The van der Waals surface area contributed by atoms with Crippen LogP contribution in [0.2, 0.25) is 0 Å². The Balaban J connectivity index is 2.26. The summed E-state index contributed by atoms with van der Waals surface area (Å²) in [7, 11) is 3.71. The van der Waals surface area contributed by atoms with Crippen LogP contribution in [0.1, 0.15) is 0 Å². The predicted octanol–water partition coefficient (Wildman–Crippen LogP) is 0.671. The van der Waals surface area contributed by atoms with Gasteiger partial charge in [-0.25, -0.2) is 13.5 Å². The van der Waals surface area contributed by atoms with E-state index in [-0.39, 0.29) is 16.5 Å². The van der Waals surface area contributed by atoms with Gasteiger partial charge in [-0.15, -0.1) is 0 Å². The van der Waals surface area contributed by atoms with E-state index in [9.17, 15) is 13.6 Å². The van der Waals surface area contributed by atoms with Crippen LogP contribution in [-0.2, 0) is 9.84 Å². The maximum atomic E-state index is 13.3. The monoisotopic (exact) mass is 374 g/mol. The largest absolute Gasteiger partial charge is 0.378 e. The molecule has 3 rings (SSSR count). The van der Waals surface area contributed by atoms with Gasteiger partial charge in [0, 0.05) is 51.0 Å². The van der Waals surface area contributed by atoms with E-state index in [1.165, 1.54) is 6.20 Å². The molecule has 0 spiro atoms. The molecule has 0 aliphatic carbocycles. The molecule has 0 amide bonds. The van der Waals surface area contributed by atoms with E-state index < -0.39 is 9.84 Å². The molecule has 7 nitrogen and oxygen atoms in total. The molecule has 0 aromatic heterocycles. The van der Waals surface area contributed by atoms with Gasteiger partial charge in [0.25, 0.3) is 0 Å². The molecule has 138 valence electrons. The first-order valence-electron chi connectivity index (χ1n) is 8.06. The minimum absolute atomic E-state index is 0.000217. The first-order chi connectivity index (χ1) is 12.2. The van der Waals surface area contributed by atoms with Crippen molar-refractivity contribution in [2.24, 2.45) is 4.99 Å². The number of hydroxylamine groups is 2. The van der Waals surface area contributed by atoms with Crippen LogP contribution >= 0.6 is 0 Å². The first-order valence-corrected chi connectivity index (χ1v) is 9.54. The average molecular weight is 374 g/mol. The summed E-state index contributed by atoms with van der Waals surface area (Å²) in [6.07, 6.45) is 1.48. The van der Waals surface area contributed by atoms with Gasteiger partial charge < -0.3 is 9.80 Å². The Hall–Kier alpha value is -2.58. The number of para-hydroxylation sites is 1. The Morgan fingerprint density at radius 1 is 1.04 bits per heavy atom. The zero-order valence-electron chi connectivity index (χ0n) is 15.2. The van der Waals surface area contributed by atoms with Gasteiger partial charge in [-0.1, -0.05) is 12.1 Å². The second-order valence-corrected chi connectivity index (χ2v) is 8.46. The molecule has 1 N–H and O–H groups in total. The lowest BCUT2D eigenvalue weighted by Gasteiger charge is -2.20.